The van der Waals surface area contributed by atoms with Crippen molar-refractivity contribution in [3.63, 3.8) is 0 Å². The number of nitrogens with one attached hydrogen (secondary N) is 1. The molecule has 1 amide bonds. The van der Waals surface area contributed by atoms with Crippen molar-refractivity contribution in [3.05, 3.63) is 45.8 Å². The first-order chi connectivity index (χ1) is 11.1. The van der Waals surface area contributed by atoms with E-state index in [1.807, 2.05) is 0 Å². The molecule has 0 unspecified atom stereocenters. The van der Waals surface area contributed by atoms with Gasteiger partial charge >= 0.3 is 0 Å². The van der Waals surface area contributed by atoms with Crippen molar-refractivity contribution in [2.24, 2.45) is 0 Å². The fourth-order valence-corrected chi connectivity index (χ4v) is 2.79. The summed E-state index contributed by atoms with van der Waals surface area (Å²) in [5.74, 6) is 0.357. The highest BCUT2D eigenvalue weighted by Gasteiger charge is 2.10. The van der Waals surface area contributed by atoms with E-state index in [2.05, 4.69) is 15.5 Å². The van der Waals surface area contributed by atoms with Gasteiger partial charge in [-0.25, -0.2) is 0 Å². The van der Waals surface area contributed by atoms with Gasteiger partial charge in [0, 0.05) is 11.6 Å². The highest BCUT2D eigenvalue weighted by atomic mass is 32.1. The first-order valence-electron chi connectivity index (χ1n) is 6.84. The van der Waals surface area contributed by atoms with Crippen LogP contribution in [0.1, 0.15) is 5.01 Å². The summed E-state index contributed by atoms with van der Waals surface area (Å²) in [6, 6.07) is 6.98. The predicted octanol–water partition coefficient (Wildman–Crippen LogP) is 1.81. The summed E-state index contributed by atoms with van der Waals surface area (Å²) in [4.78, 5) is 24.5. The number of aryl methyl sites for hydroxylation is 1. The van der Waals surface area contributed by atoms with Gasteiger partial charge in [0.25, 0.3) is 5.56 Å². The van der Waals surface area contributed by atoms with Crippen LogP contribution in [0.25, 0.3) is 10.8 Å². The van der Waals surface area contributed by atoms with Gasteiger partial charge in [-0.2, -0.15) is 0 Å². The van der Waals surface area contributed by atoms with Gasteiger partial charge in [-0.3, -0.25) is 14.9 Å². The van der Waals surface area contributed by atoms with Crippen LogP contribution in [0.5, 0.6) is 5.75 Å². The maximum Gasteiger partial charge on any atom is 0.258 e. The Kier molecular flexibility index (Phi) is 4.07. The zero-order valence-electron chi connectivity index (χ0n) is 12.6. The number of anilines is 1. The number of amides is 1. The van der Waals surface area contributed by atoms with Crippen molar-refractivity contribution in [1.82, 2.24) is 14.8 Å². The Morgan fingerprint density at radius 3 is 2.87 bits per heavy atom. The molecule has 3 aromatic rings. The molecule has 0 aliphatic carbocycles. The van der Waals surface area contributed by atoms with Crippen LogP contribution >= 0.6 is 11.3 Å². The summed E-state index contributed by atoms with van der Waals surface area (Å²) in [6.07, 6.45) is 1.59. The second-order valence-electron chi connectivity index (χ2n) is 4.88. The summed E-state index contributed by atoms with van der Waals surface area (Å²) in [6.45, 7) is 1.72. The maximum absolute atomic E-state index is 12.4. The number of hydrogen-bond donors (Lipinski definition) is 1. The fraction of sp³-hybridized carbons (Fsp3) is 0.200. The van der Waals surface area contributed by atoms with E-state index in [1.165, 1.54) is 15.9 Å². The molecular weight excluding hydrogens is 316 g/mol. The van der Waals surface area contributed by atoms with Crippen molar-refractivity contribution < 1.29 is 9.53 Å². The van der Waals surface area contributed by atoms with Crippen LogP contribution in [0.2, 0.25) is 0 Å². The van der Waals surface area contributed by atoms with Gasteiger partial charge in [-0.15, -0.1) is 10.2 Å². The van der Waals surface area contributed by atoms with E-state index in [1.54, 1.807) is 44.5 Å². The minimum Gasteiger partial charge on any atom is -0.497 e. The van der Waals surface area contributed by atoms with E-state index in [4.69, 9.17) is 4.74 Å². The summed E-state index contributed by atoms with van der Waals surface area (Å²) >= 11 is 1.28. The number of hydrogen-bond acceptors (Lipinski definition) is 6. The van der Waals surface area contributed by atoms with E-state index in [0.29, 0.717) is 16.3 Å². The number of aromatic nitrogens is 3. The standard InChI is InChI=1S/C15H14N4O3S/c1-9-17-18-15(23-9)16-13(20)8-19-6-5-10-7-11(22-2)3-4-12(10)14(19)21/h3-7H,8H2,1-2H3,(H,16,18,20). The normalized spacial score (nSPS) is 10.7. The number of pyridine rings is 1. The number of rotatable bonds is 4. The van der Waals surface area contributed by atoms with Gasteiger partial charge in [0.1, 0.15) is 17.3 Å². The van der Waals surface area contributed by atoms with Crippen LogP contribution in [-0.4, -0.2) is 27.8 Å². The minimum absolute atomic E-state index is 0.0839. The minimum atomic E-state index is -0.323. The Bertz CT molecular complexity index is 932. The summed E-state index contributed by atoms with van der Waals surface area (Å²) < 4.78 is 6.50. The number of nitrogens with zero attached hydrogens (tertiary/aromatic N) is 3. The van der Waals surface area contributed by atoms with E-state index < -0.39 is 0 Å². The third kappa shape index (κ3) is 3.21. The predicted molar refractivity (Wildman–Crippen MR) is 88.0 cm³/mol. The quantitative estimate of drug-likeness (QED) is 0.788. The number of carbonyl (C=O) groups excluding carboxylic acids is 1. The summed E-state index contributed by atoms with van der Waals surface area (Å²) in [5.41, 5.74) is -0.228. The Labute approximate surface area is 135 Å². The lowest BCUT2D eigenvalue weighted by atomic mass is 10.1. The van der Waals surface area contributed by atoms with Crippen molar-refractivity contribution in [2.45, 2.75) is 13.5 Å². The fourth-order valence-electron chi connectivity index (χ4n) is 2.18. The third-order valence-electron chi connectivity index (χ3n) is 3.27. The van der Waals surface area contributed by atoms with Crippen molar-refractivity contribution in [1.29, 1.82) is 0 Å². The molecular formula is C15H14N4O3S. The topological polar surface area (TPSA) is 86.1 Å². The molecule has 0 bridgehead atoms. The Morgan fingerprint density at radius 1 is 1.35 bits per heavy atom. The molecule has 0 fully saturated rings. The van der Waals surface area contributed by atoms with Crippen molar-refractivity contribution in [3.8, 4) is 5.75 Å². The molecule has 7 nitrogen and oxygen atoms in total. The zero-order valence-corrected chi connectivity index (χ0v) is 13.4. The Morgan fingerprint density at radius 2 is 2.17 bits per heavy atom. The molecule has 2 aromatic heterocycles. The summed E-state index contributed by atoms with van der Waals surface area (Å²) in [7, 11) is 1.57. The first-order valence-corrected chi connectivity index (χ1v) is 7.65. The van der Waals surface area contributed by atoms with Crippen LogP contribution in [0.3, 0.4) is 0 Å². The van der Waals surface area contributed by atoms with E-state index in [-0.39, 0.29) is 18.0 Å². The van der Waals surface area contributed by atoms with Gasteiger partial charge < -0.3 is 9.30 Å². The van der Waals surface area contributed by atoms with E-state index >= 15 is 0 Å². The van der Waals surface area contributed by atoms with Crippen LogP contribution in [0, 0.1) is 6.92 Å². The van der Waals surface area contributed by atoms with Gasteiger partial charge in [0.15, 0.2) is 0 Å². The van der Waals surface area contributed by atoms with Crippen molar-refractivity contribution in [2.75, 3.05) is 12.4 Å². The molecule has 0 aliphatic rings. The van der Waals surface area contributed by atoms with Gasteiger partial charge in [0.2, 0.25) is 11.0 Å². The molecule has 0 aliphatic heterocycles. The molecule has 1 N–H and O–H groups in total. The van der Waals surface area contributed by atoms with Crippen LogP contribution in [-0.2, 0) is 11.3 Å². The molecule has 118 valence electrons. The maximum atomic E-state index is 12.4. The lowest BCUT2D eigenvalue weighted by molar-refractivity contribution is -0.116. The average Bonchev–Trinajstić information content (AvgIpc) is 2.94. The molecule has 2 heterocycles. The molecule has 0 saturated carbocycles. The van der Waals surface area contributed by atoms with Gasteiger partial charge in [-0.1, -0.05) is 11.3 Å². The lowest BCUT2D eigenvalue weighted by Crippen LogP contribution is -2.27. The van der Waals surface area contributed by atoms with Crippen LogP contribution in [0.4, 0.5) is 5.13 Å². The Balaban J connectivity index is 1.84. The lowest BCUT2D eigenvalue weighted by Gasteiger charge is -2.07. The van der Waals surface area contributed by atoms with E-state index in [9.17, 15) is 9.59 Å². The molecule has 23 heavy (non-hydrogen) atoms. The Hall–Kier alpha value is -2.74. The molecule has 0 atom stereocenters. The summed E-state index contributed by atoms with van der Waals surface area (Å²) in [5, 5.41) is 12.8. The van der Waals surface area contributed by atoms with Gasteiger partial charge in [-0.05, 0) is 36.6 Å². The average molecular weight is 330 g/mol. The molecule has 0 saturated heterocycles. The van der Waals surface area contributed by atoms with Crippen LogP contribution in [0.15, 0.2) is 35.3 Å². The van der Waals surface area contributed by atoms with Crippen molar-refractivity contribution >= 4 is 33.1 Å². The number of benzene rings is 1. The van der Waals surface area contributed by atoms with E-state index in [0.717, 1.165) is 10.4 Å². The zero-order chi connectivity index (χ0) is 16.4. The highest BCUT2D eigenvalue weighted by Crippen LogP contribution is 2.18. The largest absolute Gasteiger partial charge is 0.497 e. The number of fused-ring (bicyclic) bond motifs is 1. The molecule has 3 rings (SSSR count). The molecule has 8 heteroatoms. The SMILES string of the molecule is COc1ccc2c(=O)n(CC(=O)Nc3nnc(C)s3)ccc2c1. The molecule has 0 radical (unpaired) electrons. The third-order valence-corrected chi connectivity index (χ3v) is 4.02. The second-order valence-corrected chi connectivity index (χ2v) is 6.06. The molecule has 0 spiro atoms. The number of carbonyl (C=O) groups is 1. The monoisotopic (exact) mass is 330 g/mol. The highest BCUT2D eigenvalue weighted by molar-refractivity contribution is 7.15. The van der Waals surface area contributed by atoms with Gasteiger partial charge in [0.05, 0.1) is 7.11 Å². The smallest absolute Gasteiger partial charge is 0.258 e. The number of ether oxygens (including phenoxy) is 1. The first kappa shape index (κ1) is 15.2. The second kappa shape index (κ2) is 6.17. The van der Waals surface area contributed by atoms with Crippen LogP contribution < -0.4 is 15.6 Å². The molecule has 1 aromatic carbocycles. The number of methoxy groups -OCH3 is 1.